The summed E-state index contributed by atoms with van der Waals surface area (Å²) >= 11 is 12.3. The Morgan fingerprint density at radius 2 is 1.60 bits per heavy atom. The molecule has 1 unspecified atom stereocenters. The molecule has 1 heterocycles. The maximum absolute atomic E-state index is 14.0. The third-order valence-corrected chi connectivity index (χ3v) is 9.29. The number of fused-ring (bicyclic) bond motifs is 1. The quantitative estimate of drug-likeness (QED) is 0.177. The van der Waals surface area contributed by atoms with Gasteiger partial charge in [-0.25, -0.2) is 23.2 Å². The monoisotopic (exact) mass is 643 g/mol. The third-order valence-electron chi connectivity index (χ3n) is 7.04. The Morgan fingerprint density at radius 1 is 0.930 bits per heavy atom. The Labute approximate surface area is 262 Å². The Balaban J connectivity index is 1.76. The normalized spacial score (nSPS) is 12.4. The zero-order valence-electron chi connectivity index (χ0n) is 24.5. The number of likely N-dealkylation sites (N-methyl/N-ethyl adjacent to an activating group) is 2. The van der Waals surface area contributed by atoms with Gasteiger partial charge in [-0.05, 0) is 73.8 Å². The smallest absolute Gasteiger partial charge is 0.327 e. The van der Waals surface area contributed by atoms with Gasteiger partial charge in [0.1, 0.15) is 11.9 Å². The number of nitrogens with zero attached hydrogens (tertiary/aromatic N) is 5. The predicted molar refractivity (Wildman–Crippen MR) is 174 cm³/mol. The lowest BCUT2D eigenvalue weighted by molar-refractivity contribution is -0.138. The molecule has 9 nitrogen and oxygen atoms in total. The topological polar surface area (TPSA) is 107 Å². The number of hydrogen-bond acceptors (Lipinski definition) is 7. The average Bonchev–Trinajstić information content (AvgIpc) is 2.96. The summed E-state index contributed by atoms with van der Waals surface area (Å²) < 4.78 is 29.0. The van der Waals surface area contributed by atoms with E-state index in [1.807, 2.05) is 52.3 Å². The molecular weight excluding hydrogens is 609 g/mol. The Bertz CT molecular complexity index is 1700. The first-order chi connectivity index (χ1) is 20.4. The molecule has 43 heavy (non-hydrogen) atoms. The van der Waals surface area contributed by atoms with Crippen molar-refractivity contribution in [3.8, 4) is 11.4 Å². The van der Waals surface area contributed by atoms with Crippen LogP contribution in [0.1, 0.15) is 26.2 Å². The molecule has 0 saturated carbocycles. The summed E-state index contributed by atoms with van der Waals surface area (Å²) in [5, 5.41) is 12.0. The van der Waals surface area contributed by atoms with E-state index in [2.05, 4.69) is 14.8 Å². The molecule has 4 aromatic rings. The molecule has 1 N–H and O–H groups in total. The first-order valence-corrected chi connectivity index (χ1v) is 16.1. The van der Waals surface area contributed by atoms with Crippen LogP contribution in [0.2, 0.25) is 10.0 Å². The number of aliphatic carboxylic acids is 1. The molecule has 1 aromatic heterocycles. The van der Waals surface area contributed by atoms with Gasteiger partial charge in [0.25, 0.3) is 10.0 Å². The Morgan fingerprint density at radius 3 is 2.26 bits per heavy atom. The average molecular weight is 645 g/mol. The van der Waals surface area contributed by atoms with Gasteiger partial charge < -0.3 is 14.9 Å². The number of hydrogen-bond donors (Lipinski definition) is 1. The molecule has 0 aliphatic heterocycles. The van der Waals surface area contributed by atoms with Crippen LogP contribution in [-0.2, 0) is 14.8 Å². The zero-order chi connectivity index (χ0) is 31.3. The molecular formula is C31H35Cl2N5O4S. The molecule has 0 radical (unpaired) electrons. The zero-order valence-corrected chi connectivity index (χ0v) is 26.9. The van der Waals surface area contributed by atoms with Crippen molar-refractivity contribution in [2.24, 2.45) is 0 Å². The van der Waals surface area contributed by atoms with E-state index in [9.17, 15) is 18.3 Å². The number of benzene rings is 3. The van der Waals surface area contributed by atoms with E-state index >= 15 is 0 Å². The van der Waals surface area contributed by atoms with Crippen LogP contribution in [0.4, 0.5) is 11.5 Å². The lowest BCUT2D eigenvalue weighted by Gasteiger charge is -2.30. The summed E-state index contributed by atoms with van der Waals surface area (Å²) in [7, 11) is 1.67. The Kier molecular flexibility index (Phi) is 10.5. The van der Waals surface area contributed by atoms with E-state index in [1.165, 1.54) is 18.2 Å². The SMILES string of the molecule is CCCCC(C(=O)O)N(c1ccc2cc(-c3nccc(N(C)CCN(C)C)n3)ccc2c1)S(=O)(=O)c1cc(Cl)cc(Cl)c1. The summed E-state index contributed by atoms with van der Waals surface area (Å²) in [6, 6.07) is 15.2. The highest BCUT2D eigenvalue weighted by Gasteiger charge is 2.36. The number of carboxylic acid groups (broad SMARTS) is 1. The fourth-order valence-electron chi connectivity index (χ4n) is 4.69. The summed E-state index contributed by atoms with van der Waals surface area (Å²) in [5.74, 6) is 0.122. The minimum atomic E-state index is -4.36. The van der Waals surface area contributed by atoms with Crippen molar-refractivity contribution in [3.05, 3.63) is 76.9 Å². The van der Waals surface area contributed by atoms with Crippen LogP contribution < -0.4 is 9.21 Å². The molecule has 0 fully saturated rings. The molecule has 0 aliphatic rings. The molecule has 0 bridgehead atoms. The van der Waals surface area contributed by atoms with E-state index in [0.29, 0.717) is 18.7 Å². The summed E-state index contributed by atoms with van der Waals surface area (Å²) in [6.45, 7) is 3.61. The highest BCUT2D eigenvalue weighted by molar-refractivity contribution is 7.93. The standard InChI is InChI=1S/C31H35Cl2N5O4S/c1-5-6-7-28(31(39)40)38(43(41,42)27-19-24(32)18-25(33)20-27)26-11-10-21-16-23(9-8-22(21)17-26)30-34-13-12-29(35-30)37(4)15-14-36(2)3/h8-13,16-20,28H,5-7,14-15H2,1-4H3,(H,39,40). The van der Waals surface area contributed by atoms with E-state index in [4.69, 9.17) is 28.2 Å². The number of unbranched alkanes of at least 4 members (excludes halogenated alkanes) is 1. The number of sulfonamides is 1. The summed E-state index contributed by atoms with van der Waals surface area (Å²) in [6.07, 6.45) is 3.09. The largest absolute Gasteiger partial charge is 0.480 e. The van der Waals surface area contributed by atoms with Gasteiger partial charge in [-0.3, -0.25) is 4.31 Å². The molecule has 4 rings (SSSR count). The van der Waals surface area contributed by atoms with Crippen LogP contribution in [0.15, 0.2) is 71.8 Å². The van der Waals surface area contributed by atoms with Crippen LogP contribution >= 0.6 is 23.2 Å². The van der Waals surface area contributed by atoms with Gasteiger partial charge in [0.05, 0.1) is 10.6 Å². The van der Waals surface area contributed by atoms with Crippen LogP contribution in [0.5, 0.6) is 0 Å². The van der Waals surface area contributed by atoms with Gasteiger partial charge in [-0.2, -0.15) is 0 Å². The van der Waals surface area contributed by atoms with Crippen molar-refractivity contribution in [1.82, 2.24) is 14.9 Å². The van der Waals surface area contributed by atoms with E-state index < -0.39 is 22.0 Å². The van der Waals surface area contributed by atoms with Crippen molar-refractivity contribution in [2.75, 3.05) is 43.4 Å². The number of carboxylic acids is 1. The highest BCUT2D eigenvalue weighted by Crippen LogP contribution is 2.34. The van der Waals surface area contributed by atoms with Gasteiger partial charge in [0.15, 0.2) is 5.82 Å². The molecule has 228 valence electrons. The number of anilines is 2. The minimum absolute atomic E-state index is 0.132. The minimum Gasteiger partial charge on any atom is -0.480 e. The van der Waals surface area contributed by atoms with Gasteiger partial charge in [-0.15, -0.1) is 0 Å². The maximum atomic E-state index is 14.0. The van der Waals surface area contributed by atoms with Crippen molar-refractivity contribution in [3.63, 3.8) is 0 Å². The summed E-state index contributed by atoms with van der Waals surface area (Å²) in [4.78, 5) is 25.7. The van der Waals surface area contributed by atoms with Crippen LogP contribution in [0.25, 0.3) is 22.2 Å². The van der Waals surface area contributed by atoms with Gasteiger partial charge in [0.2, 0.25) is 0 Å². The predicted octanol–water partition coefficient (Wildman–Crippen LogP) is 6.44. The maximum Gasteiger partial charge on any atom is 0.327 e. The van der Waals surface area contributed by atoms with Crippen molar-refractivity contribution in [1.29, 1.82) is 0 Å². The van der Waals surface area contributed by atoms with Crippen molar-refractivity contribution < 1.29 is 18.3 Å². The lowest BCUT2D eigenvalue weighted by Crippen LogP contribution is -2.45. The highest BCUT2D eigenvalue weighted by atomic mass is 35.5. The van der Waals surface area contributed by atoms with Crippen LogP contribution in [0.3, 0.4) is 0 Å². The van der Waals surface area contributed by atoms with Gasteiger partial charge >= 0.3 is 5.97 Å². The van der Waals surface area contributed by atoms with E-state index in [-0.39, 0.29) is 27.0 Å². The molecule has 0 amide bonds. The number of halogens is 2. The fourth-order valence-corrected chi connectivity index (χ4v) is 7.05. The van der Waals surface area contributed by atoms with Crippen LogP contribution in [0, 0.1) is 0 Å². The molecule has 0 saturated heterocycles. The van der Waals surface area contributed by atoms with Gasteiger partial charge in [-0.1, -0.05) is 61.2 Å². The number of carbonyl (C=O) groups is 1. The third kappa shape index (κ3) is 7.75. The van der Waals surface area contributed by atoms with Crippen LogP contribution in [-0.4, -0.2) is 74.6 Å². The van der Waals surface area contributed by atoms with Crippen molar-refractivity contribution >= 4 is 61.5 Å². The van der Waals surface area contributed by atoms with E-state index in [0.717, 1.165) is 39.5 Å². The summed E-state index contributed by atoms with van der Waals surface area (Å²) in [5.41, 5.74) is 1.02. The number of rotatable bonds is 13. The fraction of sp³-hybridized carbons (Fsp3) is 0.323. The Hall–Kier alpha value is -3.44. The molecule has 0 aliphatic carbocycles. The van der Waals surface area contributed by atoms with Crippen molar-refractivity contribution in [2.45, 2.75) is 37.1 Å². The van der Waals surface area contributed by atoms with E-state index in [1.54, 1.807) is 24.4 Å². The number of aromatic nitrogens is 2. The molecule has 0 spiro atoms. The second kappa shape index (κ2) is 13.9. The van der Waals surface area contributed by atoms with Gasteiger partial charge in [0, 0.05) is 41.9 Å². The first kappa shape index (κ1) is 32.5. The second-order valence-electron chi connectivity index (χ2n) is 10.6. The molecule has 3 aromatic carbocycles. The molecule has 12 heteroatoms. The lowest BCUT2D eigenvalue weighted by atomic mass is 10.0. The molecule has 1 atom stereocenters. The first-order valence-electron chi connectivity index (χ1n) is 13.9. The second-order valence-corrected chi connectivity index (χ2v) is 13.3.